The van der Waals surface area contributed by atoms with Gasteiger partial charge in [0, 0.05) is 6.54 Å². The van der Waals surface area contributed by atoms with Gasteiger partial charge in [-0.15, -0.1) is 0 Å². The number of hydrogen-bond donors (Lipinski definition) is 3. The number of ether oxygens (including phenoxy) is 3. The van der Waals surface area contributed by atoms with E-state index >= 15 is 0 Å². The number of aliphatic carboxylic acids is 1. The summed E-state index contributed by atoms with van der Waals surface area (Å²) in [6.45, 7) is 0.340. The van der Waals surface area contributed by atoms with E-state index in [1.54, 1.807) is 18.2 Å². The van der Waals surface area contributed by atoms with Crippen molar-refractivity contribution in [2.24, 2.45) is 0 Å². The number of methoxy groups -OCH3 is 2. The molecule has 31 heavy (non-hydrogen) atoms. The van der Waals surface area contributed by atoms with Crippen LogP contribution in [-0.2, 0) is 16.1 Å². The Morgan fingerprint density at radius 1 is 0.968 bits per heavy atom. The number of amides is 2. The van der Waals surface area contributed by atoms with Crippen molar-refractivity contribution in [3.8, 4) is 11.5 Å². The van der Waals surface area contributed by atoms with Gasteiger partial charge in [0.05, 0.1) is 14.2 Å². The first kappa shape index (κ1) is 23.5. The topological polar surface area (TPSA) is 123 Å². The highest BCUT2D eigenvalue weighted by Gasteiger charge is 2.24. The number of benzene rings is 2. The molecule has 9 heteroatoms. The minimum absolute atomic E-state index is 0.109. The van der Waals surface area contributed by atoms with E-state index in [0.717, 1.165) is 5.56 Å². The van der Waals surface area contributed by atoms with Crippen LogP contribution in [0.2, 0.25) is 0 Å². The van der Waals surface area contributed by atoms with E-state index in [2.05, 4.69) is 10.6 Å². The van der Waals surface area contributed by atoms with Gasteiger partial charge in [0.15, 0.2) is 0 Å². The number of alkyl carbamates (subject to hydrolysis) is 1. The summed E-state index contributed by atoms with van der Waals surface area (Å²) in [6.07, 6.45) is -0.170. The van der Waals surface area contributed by atoms with Gasteiger partial charge in [-0.2, -0.15) is 0 Å². The van der Waals surface area contributed by atoms with Crippen LogP contribution in [0.3, 0.4) is 0 Å². The quantitative estimate of drug-likeness (QED) is 0.468. The SMILES string of the molecule is COc1cccc(OC)c1C(=O)NC(CCCNC(=O)OCc1ccccc1)C(=O)O. The third-order valence-corrected chi connectivity index (χ3v) is 4.41. The van der Waals surface area contributed by atoms with E-state index in [1.807, 2.05) is 30.3 Å². The van der Waals surface area contributed by atoms with E-state index in [1.165, 1.54) is 14.2 Å². The molecule has 2 aromatic carbocycles. The summed E-state index contributed by atoms with van der Waals surface area (Å²) >= 11 is 0. The van der Waals surface area contributed by atoms with Crippen molar-refractivity contribution in [3.05, 3.63) is 59.7 Å². The van der Waals surface area contributed by atoms with Crippen molar-refractivity contribution >= 4 is 18.0 Å². The lowest BCUT2D eigenvalue weighted by Crippen LogP contribution is -2.41. The minimum atomic E-state index is -1.19. The second-order valence-corrected chi connectivity index (χ2v) is 6.53. The summed E-state index contributed by atoms with van der Waals surface area (Å²) in [7, 11) is 2.81. The van der Waals surface area contributed by atoms with E-state index in [9.17, 15) is 19.5 Å². The second-order valence-electron chi connectivity index (χ2n) is 6.53. The molecule has 0 aromatic heterocycles. The molecule has 0 saturated carbocycles. The zero-order valence-electron chi connectivity index (χ0n) is 17.4. The summed E-state index contributed by atoms with van der Waals surface area (Å²) in [6, 6.07) is 12.9. The summed E-state index contributed by atoms with van der Waals surface area (Å²) in [5.41, 5.74) is 0.972. The summed E-state index contributed by atoms with van der Waals surface area (Å²) in [4.78, 5) is 36.0. The Hall–Kier alpha value is -3.75. The van der Waals surface area contributed by atoms with Crippen molar-refractivity contribution < 1.29 is 33.7 Å². The third kappa shape index (κ3) is 7.22. The molecule has 0 radical (unpaired) electrons. The molecule has 3 N–H and O–H groups in total. The molecule has 9 nitrogen and oxygen atoms in total. The van der Waals surface area contributed by atoms with Gasteiger partial charge in [-0.3, -0.25) is 4.79 Å². The molecule has 1 atom stereocenters. The standard InChI is InChI=1S/C22H26N2O7/c1-29-17-11-6-12-18(30-2)19(17)20(25)24-16(21(26)27)10-7-13-23-22(28)31-14-15-8-4-3-5-9-15/h3-6,8-9,11-12,16H,7,10,13-14H2,1-2H3,(H,23,28)(H,24,25)(H,26,27). The van der Waals surface area contributed by atoms with Crippen LogP contribution in [0.1, 0.15) is 28.8 Å². The van der Waals surface area contributed by atoms with Gasteiger partial charge in [-0.25, -0.2) is 9.59 Å². The molecule has 2 aromatic rings. The van der Waals surface area contributed by atoms with Crippen molar-refractivity contribution in [3.63, 3.8) is 0 Å². The Labute approximate surface area is 180 Å². The molecule has 0 aliphatic carbocycles. The number of rotatable bonds is 11. The number of nitrogens with one attached hydrogen (secondary N) is 2. The number of carboxylic acid groups (broad SMARTS) is 1. The maximum Gasteiger partial charge on any atom is 0.407 e. The largest absolute Gasteiger partial charge is 0.496 e. The van der Waals surface area contributed by atoms with Gasteiger partial charge < -0.3 is 30.0 Å². The fourth-order valence-corrected chi connectivity index (χ4v) is 2.83. The fourth-order valence-electron chi connectivity index (χ4n) is 2.83. The van der Waals surface area contributed by atoms with Crippen LogP contribution >= 0.6 is 0 Å². The summed E-state index contributed by atoms with van der Waals surface area (Å²) < 4.78 is 15.5. The smallest absolute Gasteiger partial charge is 0.407 e. The van der Waals surface area contributed by atoms with Crippen LogP contribution in [0, 0.1) is 0 Å². The predicted molar refractivity (Wildman–Crippen MR) is 112 cm³/mol. The van der Waals surface area contributed by atoms with E-state index < -0.39 is 24.0 Å². The van der Waals surface area contributed by atoms with Crippen LogP contribution in [0.4, 0.5) is 4.79 Å². The number of hydrogen-bond acceptors (Lipinski definition) is 6. The van der Waals surface area contributed by atoms with Crippen molar-refractivity contribution in [2.75, 3.05) is 20.8 Å². The number of carboxylic acids is 1. The average Bonchev–Trinajstić information content (AvgIpc) is 2.79. The molecular formula is C22H26N2O7. The van der Waals surface area contributed by atoms with Gasteiger partial charge in [0.2, 0.25) is 0 Å². The first-order valence-corrected chi connectivity index (χ1v) is 9.65. The minimum Gasteiger partial charge on any atom is -0.496 e. The molecule has 2 amide bonds. The normalized spacial score (nSPS) is 11.2. The molecule has 0 aliphatic heterocycles. The molecule has 1 unspecified atom stereocenters. The Balaban J connectivity index is 1.83. The molecule has 2 rings (SSSR count). The Morgan fingerprint density at radius 2 is 1.61 bits per heavy atom. The Morgan fingerprint density at radius 3 is 2.19 bits per heavy atom. The third-order valence-electron chi connectivity index (χ3n) is 4.41. The van der Waals surface area contributed by atoms with E-state index in [-0.39, 0.29) is 36.6 Å². The van der Waals surface area contributed by atoms with Crippen LogP contribution < -0.4 is 20.1 Å². The Kier molecular flexibility index (Phi) is 9.15. The molecular weight excluding hydrogens is 404 g/mol. The van der Waals surface area contributed by atoms with Crippen molar-refractivity contribution in [1.82, 2.24) is 10.6 Å². The van der Waals surface area contributed by atoms with E-state index in [4.69, 9.17) is 14.2 Å². The molecule has 0 fully saturated rings. The highest BCUT2D eigenvalue weighted by molar-refractivity contribution is 6.01. The zero-order chi connectivity index (χ0) is 22.6. The van der Waals surface area contributed by atoms with Gasteiger partial charge in [0.1, 0.15) is 29.7 Å². The molecule has 0 saturated heterocycles. The lowest BCUT2D eigenvalue weighted by atomic mass is 10.1. The van der Waals surface area contributed by atoms with Gasteiger partial charge >= 0.3 is 12.1 Å². The van der Waals surface area contributed by atoms with Crippen molar-refractivity contribution in [1.29, 1.82) is 0 Å². The van der Waals surface area contributed by atoms with Crippen LogP contribution in [0.5, 0.6) is 11.5 Å². The van der Waals surface area contributed by atoms with Gasteiger partial charge in [-0.05, 0) is 30.5 Å². The second kappa shape index (κ2) is 12.1. The molecule has 0 spiro atoms. The lowest BCUT2D eigenvalue weighted by Gasteiger charge is -2.17. The van der Waals surface area contributed by atoms with Gasteiger partial charge in [-0.1, -0.05) is 36.4 Å². The average molecular weight is 430 g/mol. The van der Waals surface area contributed by atoms with Crippen LogP contribution in [0.25, 0.3) is 0 Å². The lowest BCUT2D eigenvalue weighted by molar-refractivity contribution is -0.139. The summed E-state index contributed by atoms with van der Waals surface area (Å²) in [5.74, 6) is -1.28. The van der Waals surface area contributed by atoms with Crippen LogP contribution in [0.15, 0.2) is 48.5 Å². The monoisotopic (exact) mass is 430 g/mol. The Bertz CT molecular complexity index is 864. The molecule has 0 bridgehead atoms. The predicted octanol–water partition coefficient (Wildman–Crippen LogP) is 2.59. The molecule has 0 heterocycles. The van der Waals surface area contributed by atoms with Crippen molar-refractivity contribution in [2.45, 2.75) is 25.5 Å². The summed E-state index contributed by atoms with van der Waals surface area (Å²) in [5, 5.41) is 14.5. The highest BCUT2D eigenvalue weighted by atomic mass is 16.5. The zero-order valence-corrected chi connectivity index (χ0v) is 17.4. The molecule has 0 aliphatic rings. The number of carbonyl (C=O) groups excluding carboxylic acids is 2. The van der Waals surface area contributed by atoms with Gasteiger partial charge in [0.25, 0.3) is 5.91 Å². The maximum absolute atomic E-state index is 12.7. The maximum atomic E-state index is 12.7. The highest BCUT2D eigenvalue weighted by Crippen LogP contribution is 2.28. The number of carbonyl (C=O) groups is 3. The van der Waals surface area contributed by atoms with Crippen LogP contribution in [-0.4, -0.2) is 49.9 Å². The van der Waals surface area contributed by atoms with E-state index in [0.29, 0.717) is 6.42 Å². The molecule has 166 valence electrons. The first-order valence-electron chi connectivity index (χ1n) is 9.65. The fraction of sp³-hybridized carbons (Fsp3) is 0.318. The first-order chi connectivity index (χ1) is 15.0.